The molecule has 1 aliphatic heterocycles. The number of carbonyl (C=O) groups excluding carboxylic acids is 2. The van der Waals surface area contributed by atoms with Gasteiger partial charge in [0.25, 0.3) is 0 Å². The summed E-state index contributed by atoms with van der Waals surface area (Å²) in [7, 11) is 1.35. The van der Waals surface area contributed by atoms with Crippen molar-refractivity contribution in [3.05, 3.63) is 34.2 Å². The molecule has 2 aromatic rings. The molecular weight excluding hydrogens is 312 g/mol. The molecular formula is C17H18N2O3S. The first-order valence-corrected chi connectivity index (χ1v) is 8.14. The molecule has 1 amide bonds. The van der Waals surface area contributed by atoms with Crippen LogP contribution in [0, 0.1) is 6.92 Å². The van der Waals surface area contributed by atoms with Gasteiger partial charge in [-0.1, -0.05) is 6.07 Å². The molecule has 2 heterocycles. The Morgan fingerprint density at radius 3 is 2.74 bits per heavy atom. The minimum Gasteiger partial charge on any atom is -0.465 e. The van der Waals surface area contributed by atoms with E-state index in [1.54, 1.807) is 11.8 Å². The molecule has 0 fully saturated rings. The van der Waals surface area contributed by atoms with Crippen LogP contribution in [0.2, 0.25) is 0 Å². The first kappa shape index (κ1) is 15.6. The van der Waals surface area contributed by atoms with Gasteiger partial charge in [0.15, 0.2) is 0 Å². The van der Waals surface area contributed by atoms with Crippen LogP contribution < -0.4 is 10.6 Å². The zero-order chi connectivity index (χ0) is 16.7. The summed E-state index contributed by atoms with van der Waals surface area (Å²) in [6.07, 6.45) is 0.814. The number of methoxy groups -OCH3 is 1. The van der Waals surface area contributed by atoms with Crippen LogP contribution in [-0.2, 0) is 16.0 Å². The average Bonchev–Trinajstić information content (AvgIpc) is 3.06. The lowest BCUT2D eigenvalue weighted by Gasteiger charge is -2.15. The number of rotatable bonds is 2. The minimum absolute atomic E-state index is 0.0442. The third-order valence-corrected chi connectivity index (χ3v) is 5.08. The summed E-state index contributed by atoms with van der Waals surface area (Å²) in [6, 6.07) is 5.91. The molecule has 0 radical (unpaired) electrons. The molecule has 0 bridgehead atoms. The van der Waals surface area contributed by atoms with Crippen molar-refractivity contribution < 1.29 is 14.3 Å². The number of fused-ring (bicyclic) bond motifs is 1. The zero-order valence-electron chi connectivity index (χ0n) is 13.3. The highest BCUT2D eigenvalue weighted by Crippen LogP contribution is 2.41. The largest absolute Gasteiger partial charge is 0.465 e. The van der Waals surface area contributed by atoms with E-state index in [0.717, 1.165) is 33.7 Å². The number of thiophene rings is 1. The SMILES string of the molecule is COC(=O)c1c(N)sc(C)c1-c1ccc2c(c1)CCN2C(C)=O. The molecule has 23 heavy (non-hydrogen) atoms. The summed E-state index contributed by atoms with van der Waals surface area (Å²) >= 11 is 1.39. The number of ether oxygens (including phenoxy) is 1. The van der Waals surface area contributed by atoms with Crippen molar-refractivity contribution in [2.45, 2.75) is 20.3 Å². The monoisotopic (exact) mass is 330 g/mol. The fourth-order valence-corrected chi connectivity index (χ4v) is 4.04. The Bertz CT molecular complexity index is 810. The van der Waals surface area contributed by atoms with Gasteiger partial charge in [-0.2, -0.15) is 0 Å². The van der Waals surface area contributed by atoms with Gasteiger partial charge in [-0.05, 0) is 36.6 Å². The van der Waals surface area contributed by atoms with Crippen LogP contribution in [0.15, 0.2) is 18.2 Å². The van der Waals surface area contributed by atoms with Crippen molar-refractivity contribution >= 4 is 33.9 Å². The summed E-state index contributed by atoms with van der Waals surface area (Å²) in [6.45, 7) is 4.21. The van der Waals surface area contributed by atoms with Crippen molar-refractivity contribution in [2.24, 2.45) is 0 Å². The number of aryl methyl sites for hydroxylation is 1. The molecule has 0 aliphatic carbocycles. The molecule has 5 nitrogen and oxygen atoms in total. The standard InChI is InChI=1S/C17H18N2O3S/c1-9-14(15(16(18)23-9)17(21)22-3)12-4-5-13-11(8-12)6-7-19(13)10(2)20/h4-5,8H,6-7,18H2,1-3H3. The molecule has 2 N–H and O–H groups in total. The molecule has 1 aromatic carbocycles. The third kappa shape index (κ3) is 2.49. The van der Waals surface area contributed by atoms with Crippen LogP contribution in [0.25, 0.3) is 11.1 Å². The number of hydrogen-bond donors (Lipinski definition) is 1. The van der Waals surface area contributed by atoms with Crippen LogP contribution in [-0.4, -0.2) is 25.5 Å². The molecule has 0 unspecified atom stereocenters. The van der Waals surface area contributed by atoms with Gasteiger partial charge in [0.05, 0.1) is 7.11 Å². The van der Waals surface area contributed by atoms with Gasteiger partial charge in [-0.15, -0.1) is 11.3 Å². The molecule has 3 rings (SSSR count). The predicted octanol–water partition coefficient (Wildman–Crippen LogP) is 3.00. The summed E-state index contributed by atoms with van der Waals surface area (Å²) in [5, 5.41) is 0.468. The Labute approximate surface area is 138 Å². The summed E-state index contributed by atoms with van der Waals surface area (Å²) in [5.74, 6) is -0.379. The van der Waals surface area contributed by atoms with Gasteiger partial charge in [-0.3, -0.25) is 4.79 Å². The fraction of sp³-hybridized carbons (Fsp3) is 0.294. The van der Waals surface area contributed by atoms with Crippen molar-refractivity contribution in [1.29, 1.82) is 0 Å². The average molecular weight is 330 g/mol. The predicted molar refractivity (Wildman–Crippen MR) is 92.0 cm³/mol. The smallest absolute Gasteiger partial charge is 0.341 e. The van der Waals surface area contributed by atoms with E-state index in [9.17, 15) is 9.59 Å². The summed E-state index contributed by atoms with van der Waals surface area (Å²) in [5.41, 5.74) is 10.2. The second-order valence-corrected chi connectivity index (χ2v) is 6.78. The highest BCUT2D eigenvalue weighted by atomic mass is 32.1. The lowest BCUT2D eigenvalue weighted by Crippen LogP contribution is -2.25. The van der Waals surface area contributed by atoms with E-state index in [2.05, 4.69) is 0 Å². The number of amides is 1. The van der Waals surface area contributed by atoms with Crippen LogP contribution in [0.3, 0.4) is 0 Å². The van der Waals surface area contributed by atoms with Gasteiger partial charge in [0, 0.05) is 29.6 Å². The fourth-order valence-electron chi connectivity index (χ4n) is 3.10. The van der Waals surface area contributed by atoms with E-state index in [0.29, 0.717) is 17.1 Å². The number of nitrogen functional groups attached to an aromatic ring is 1. The van der Waals surface area contributed by atoms with Gasteiger partial charge in [-0.25, -0.2) is 4.79 Å². The first-order valence-electron chi connectivity index (χ1n) is 7.32. The number of nitrogens with zero attached hydrogens (tertiary/aromatic N) is 1. The summed E-state index contributed by atoms with van der Waals surface area (Å²) < 4.78 is 4.87. The molecule has 0 atom stereocenters. The number of benzene rings is 1. The van der Waals surface area contributed by atoms with Crippen LogP contribution in [0.5, 0.6) is 0 Å². The second kappa shape index (κ2) is 5.70. The van der Waals surface area contributed by atoms with Crippen LogP contribution in [0.4, 0.5) is 10.7 Å². The normalized spacial score (nSPS) is 13.1. The zero-order valence-corrected chi connectivity index (χ0v) is 14.1. The van der Waals surface area contributed by atoms with Crippen molar-refractivity contribution in [1.82, 2.24) is 0 Å². The van der Waals surface area contributed by atoms with E-state index in [1.165, 1.54) is 18.4 Å². The Morgan fingerprint density at radius 2 is 2.09 bits per heavy atom. The van der Waals surface area contributed by atoms with Gasteiger partial charge in [0.1, 0.15) is 10.6 Å². The Morgan fingerprint density at radius 1 is 1.35 bits per heavy atom. The topological polar surface area (TPSA) is 72.6 Å². The molecule has 6 heteroatoms. The number of hydrogen-bond acceptors (Lipinski definition) is 5. The van der Waals surface area contributed by atoms with Crippen molar-refractivity contribution in [3.8, 4) is 11.1 Å². The maximum atomic E-state index is 12.1. The van der Waals surface area contributed by atoms with E-state index in [-0.39, 0.29) is 5.91 Å². The quantitative estimate of drug-likeness (QED) is 0.859. The van der Waals surface area contributed by atoms with Crippen molar-refractivity contribution in [3.63, 3.8) is 0 Å². The van der Waals surface area contributed by atoms with Crippen LogP contribution in [0.1, 0.15) is 27.7 Å². The molecule has 1 aromatic heterocycles. The third-order valence-electron chi connectivity index (χ3n) is 4.14. The van der Waals surface area contributed by atoms with Gasteiger partial charge >= 0.3 is 5.97 Å². The van der Waals surface area contributed by atoms with E-state index in [4.69, 9.17) is 10.5 Å². The Kier molecular flexibility index (Phi) is 3.85. The summed E-state index contributed by atoms with van der Waals surface area (Å²) in [4.78, 5) is 26.5. The van der Waals surface area contributed by atoms with E-state index < -0.39 is 5.97 Å². The van der Waals surface area contributed by atoms with E-state index >= 15 is 0 Å². The van der Waals surface area contributed by atoms with Crippen LogP contribution >= 0.6 is 11.3 Å². The molecule has 1 aliphatic rings. The van der Waals surface area contributed by atoms with E-state index in [1.807, 2.05) is 25.1 Å². The van der Waals surface area contributed by atoms with Gasteiger partial charge in [0.2, 0.25) is 5.91 Å². The number of anilines is 2. The van der Waals surface area contributed by atoms with Crippen molar-refractivity contribution in [2.75, 3.05) is 24.3 Å². The lowest BCUT2D eigenvalue weighted by atomic mass is 9.98. The van der Waals surface area contributed by atoms with Gasteiger partial charge < -0.3 is 15.4 Å². The molecule has 0 saturated carbocycles. The number of carbonyl (C=O) groups is 2. The molecule has 0 saturated heterocycles. The number of esters is 1. The Hall–Kier alpha value is -2.34. The maximum Gasteiger partial charge on any atom is 0.341 e. The molecule has 0 spiro atoms. The second-order valence-electron chi connectivity index (χ2n) is 5.53. The Balaban J connectivity index is 2.11. The molecule has 120 valence electrons. The highest BCUT2D eigenvalue weighted by Gasteiger charge is 2.26. The highest BCUT2D eigenvalue weighted by molar-refractivity contribution is 7.16. The minimum atomic E-state index is -0.423. The number of nitrogens with two attached hydrogens (primary N) is 1. The maximum absolute atomic E-state index is 12.1. The first-order chi connectivity index (χ1) is 10.9. The lowest BCUT2D eigenvalue weighted by molar-refractivity contribution is -0.116.